The van der Waals surface area contributed by atoms with Gasteiger partial charge in [-0.05, 0) is 85.1 Å². The molecule has 18 nitrogen and oxygen atoms in total. The van der Waals surface area contributed by atoms with Crippen LogP contribution in [0.2, 0.25) is 23.2 Å². The minimum atomic E-state index is -4.87. The minimum Gasteiger partial charge on any atom is -0.497 e. The Morgan fingerprint density at radius 3 is 1.65 bits per heavy atom. The summed E-state index contributed by atoms with van der Waals surface area (Å²) in [7, 11) is -4.25. The van der Waals surface area contributed by atoms with E-state index in [9.17, 15) is 19.2 Å². The van der Waals surface area contributed by atoms with Gasteiger partial charge in [-0.2, -0.15) is 0 Å². The molecule has 2 aliphatic heterocycles. The van der Waals surface area contributed by atoms with Crippen molar-refractivity contribution in [3.63, 3.8) is 0 Å². The second kappa shape index (κ2) is 22.2. The van der Waals surface area contributed by atoms with E-state index in [0.29, 0.717) is 28.2 Å². The predicted molar refractivity (Wildman–Crippen MR) is 280 cm³/mol. The van der Waals surface area contributed by atoms with Crippen LogP contribution in [0, 0.1) is 13.8 Å². The van der Waals surface area contributed by atoms with Gasteiger partial charge in [0, 0.05) is 36.4 Å². The van der Waals surface area contributed by atoms with Gasteiger partial charge in [-0.25, -0.2) is 14.2 Å². The Morgan fingerprint density at radius 2 is 1.15 bits per heavy atom. The van der Waals surface area contributed by atoms with Crippen molar-refractivity contribution in [3.05, 3.63) is 190 Å². The molecule has 0 aliphatic carbocycles. The third-order valence-electron chi connectivity index (χ3n) is 13.9. The van der Waals surface area contributed by atoms with Crippen LogP contribution in [-0.2, 0) is 37.9 Å². The number of hydrogen-bond donors (Lipinski definition) is 2. The third kappa shape index (κ3) is 11.7. The van der Waals surface area contributed by atoms with E-state index in [1.165, 1.54) is 27.6 Å². The number of ether oxygens (including phenoxy) is 5. The Labute approximate surface area is 434 Å². The molecular weight excluding hydrogens is 1010 g/mol. The van der Waals surface area contributed by atoms with Gasteiger partial charge < -0.3 is 32.6 Å². The van der Waals surface area contributed by atoms with E-state index in [1.54, 1.807) is 46.3 Å². The number of nitrogens with zero attached hydrogens (tertiary/aromatic N) is 2. The number of halogens is 1. The molecule has 4 aromatic carbocycles. The van der Waals surface area contributed by atoms with Gasteiger partial charge in [0.25, 0.3) is 11.1 Å². The first kappa shape index (κ1) is 54.4. The fraction of sp³-hybridized carbons (Fsp3) is 0.396. The second-order valence-corrected chi connectivity index (χ2v) is 26.5. The van der Waals surface area contributed by atoms with E-state index in [1.807, 2.05) is 78.9 Å². The zero-order chi connectivity index (χ0) is 53.2. The molecule has 2 saturated heterocycles. The fourth-order valence-corrected chi connectivity index (χ4v) is 11.8. The van der Waals surface area contributed by atoms with Gasteiger partial charge >= 0.3 is 19.2 Å². The smallest absolute Gasteiger partial charge is 0.497 e. The van der Waals surface area contributed by atoms with Gasteiger partial charge in [-0.3, -0.25) is 37.7 Å². The Balaban J connectivity index is 1.19. The predicted octanol–water partition coefficient (Wildman–Crippen LogP) is 8.94. The number of para-hydroxylation sites is 1. The summed E-state index contributed by atoms with van der Waals surface area (Å²) < 4.78 is 75.9. The molecule has 1 unspecified atom stereocenters. The molecule has 2 aromatic heterocycles. The van der Waals surface area contributed by atoms with Gasteiger partial charge in [0.2, 0.25) is 0 Å². The summed E-state index contributed by atoms with van der Waals surface area (Å²) in [5.41, 5.74) is -1.14. The van der Waals surface area contributed by atoms with Gasteiger partial charge in [0.15, 0.2) is 8.32 Å². The third-order valence-corrected chi connectivity index (χ3v) is 20.1. The molecule has 2 N–H and O–H groups in total. The largest absolute Gasteiger partial charge is 0.530 e. The molecule has 0 bridgehead atoms. The van der Waals surface area contributed by atoms with Crippen LogP contribution in [-0.4, -0.2) is 79.3 Å². The molecule has 6 aromatic rings. The molecule has 0 spiro atoms. The molecule has 0 radical (unpaired) electrons. The lowest BCUT2D eigenvalue weighted by molar-refractivity contribution is -0.0949. The van der Waals surface area contributed by atoms with Crippen molar-refractivity contribution in [1.29, 1.82) is 0 Å². The van der Waals surface area contributed by atoms with Gasteiger partial charge in [0.1, 0.15) is 53.6 Å². The van der Waals surface area contributed by atoms with Crippen molar-refractivity contribution in [3.8, 4) is 17.2 Å². The number of hydrogen-bond acceptors (Lipinski definition) is 14. The normalized spacial score (nSPS) is 21.1. The molecule has 394 valence electrons. The molecule has 0 amide bonds. The van der Waals surface area contributed by atoms with E-state index in [0.717, 1.165) is 5.56 Å². The zero-order valence-corrected chi connectivity index (χ0v) is 45.3. The number of nitrogens with one attached hydrogen (secondary N) is 2. The molecular formula is C53H62ClN4O14PSi. The first-order valence-electron chi connectivity index (χ1n) is 24.1. The molecule has 8 rings (SSSR count). The molecule has 2 fully saturated rings. The lowest BCUT2D eigenvalue weighted by Crippen LogP contribution is -2.46. The van der Waals surface area contributed by atoms with Crippen molar-refractivity contribution in [2.24, 2.45) is 0 Å². The number of rotatable bonds is 19. The average Bonchev–Trinajstić information content (AvgIpc) is 3.96. The number of H-pyrrole nitrogens is 2. The lowest BCUT2D eigenvalue weighted by Gasteiger charge is -2.39. The van der Waals surface area contributed by atoms with Crippen LogP contribution in [0.4, 0.5) is 0 Å². The van der Waals surface area contributed by atoms with E-state index in [4.69, 9.17) is 53.3 Å². The highest BCUT2D eigenvalue weighted by molar-refractivity contribution is 7.49. The van der Waals surface area contributed by atoms with Crippen molar-refractivity contribution in [2.45, 2.75) is 108 Å². The fourth-order valence-electron chi connectivity index (χ4n) is 8.76. The van der Waals surface area contributed by atoms with Crippen LogP contribution in [0.1, 0.15) is 73.9 Å². The number of phosphoric acid groups is 1. The van der Waals surface area contributed by atoms with Crippen LogP contribution in [0.5, 0.6) is 17.2 Å². The van der Waals surface area contributed by atoms with Crippen LogP contribution >= 0.6 is 19.4 Å². The quantitative estimate of drug-likeness (QED) is 0.0441. The Morgan fingerprint density at radius 1 is 0.676 bits per heavy atom. The zero-order valence-electron chi connectivity index (χ0n) is 42.7. The SMILES string of the molecule is COc1ccc(C(OC[C@H]2O[C@@H](n3cc(C)c(=O)[nH]c3=O)C[C@@H]2OP(=O)(OC[C@H]2O[C@@H](n3cc(C)c(=O)[nH]c3=O)C[C@@H]2O[Si](C)(C)C(C)(C)C)Oc2ccccc2Cl)(c2ccccc2)c2ccc(OC)cc2)cc1. The Bertz CT molecular complexity index is 3170. The van der Waals surface area contributed by atoms with E-state index in [2.05, 4.69) is 43.8 Å². The van der Waals surface area contributed by atoms with E-state index >= 15 is 4.57 Å². The molecule has 7 atom stereocenters. The second-order valence-electron chi connectivity index (χ2n) is 19.8. The Hall–Kier alpha value is -5.86. The molecule has 21 heteroatoms. The molecule has 74 heavy (non-hydrogen) atoms. The summed E-state index contributed by atoms with van der Waals surface area (Å²) in [6.07, 6.45) is -3.06. The topological polar surface area (TPSA) is 210 Å². The number of aromatic amines is 2. The number of methoxy groups -OCH3 is 2. The van der Waals surface area contributed by atoms with Crippen LogP contribution in [0.15, 0.2) is 135 Å². The number of aromatic nitrogens is 4. The van der Waals surface area contributed by atoms with Crippen molar-refractivity contribution < 1.29 is 46.2 Å². The standard InChI is InChI=1S/C53H62ClN4O14PSi/c1-33-29-57(50(61)55-48(33)59)46-27-42(44(68-46)31-66-53(35-15-11-10-12-16-35,36-19-23-38(64-6)24-20-36)37-21-25-39(65-7)26-22-37)71-73(63,70-41-18-14-13-17-40(41)54)67-32-45-43(72-74(8,9)52(3,4)5)28-47(69-45)58-30-34(2)49(60)56-51(58)62/h10-26,29-30,42-47H,27-28,31-32H2,1-9H3,(H,55,59,61)(H,56,60,62)/t42-,43-,44+,45+,46+,47+,73?/m0/s1. The summed E-state index contributed by atoms with van der Waals surface area (Å²) in [4.78, 5) is 56.4. The maximum absolute atomic E-state index is 15.7. The summed E-state index contributed by atoms with van der Waals surface area (Å²) in [6.45, 7) is 12.9. The lowest BCUT2D eigenvalue weighted by atomic mass is 9.80. The monoisotopic (exact) mass is 1070 g/mol. The van der Waals surface area contributed by atoms with Crippen LogP contribution in [0.25, 0.3) is 0 Å². The minimum absolute atomic E-state index is 0.0232. The van der Waals surface area contributed by atoms with Crippen LogP contribution < -0.4 is 36.5 Å². The highest BCUT2D eigenvalue weighted by atomic mass is 35.5. The van der Waals surface area contributed by atoms with E-state index in [-0.39, 0.29) is 40.8 Å². The van der Waals surface area contributed by atoms with E-state index < -0.39 is 87.7 Å². The number of benzene rings is 4. The summed E-state index contributed by atoms with van der Waals surface area (Å²) >= 11 is 6.65. The van der Waals surface area contributed by atoms with Gasteiger partial charge in [0.05, 0.1) is 38.6 Å². The van der Waals surface area contributed by atoms with Crippen molar-refractivity contribution >= 4 is 27.7 Å². The maximum Gasteiger partial charge on any atom is 0.530 e. The number of aryl methyl sites for hydroxylation is 2. The van der Waals surface area contributed by atoms with Crippen molar-refractivity contribution in [1.82, 2.24) is 19.1 Å². The summed E-state index contributed by atoms with van der Waals surface area (Å²) in [5, 5.41) is -0.138. The molecule has 2 aliphatic rings. The first-order valence-corrected chi connectivity index (χ1v) is 28.9. The Kier molecular flexibility index (Phi) is 16.3. The first-order chi connectivity index (χ1) is 35.1. The molecule has 4 heterocycles. The van der Waals surface area contributed by atoms with Gasteiger partial charge in [-0.1, -0.05) is 99.1 Å². The van der Waals surface area contributed by atoms with Crippen molar-refractivity contribution in [2.75, 3.05) is 27.4 Å². The summed E-state index contributed by atoms with van der Waals surface area (Å²) in [5.74, 6) is 1.21. The molecule has 0 saturated carbocycles. The number of phosphoric ester groups is 1. The highest BCUT2D eigenvalue weighted by Gasteiger charge is 2.50. The summed E-state index contributed by atoms with van der Waals surface area (Å²) in [6, 6.07) is 30.9. The van der Waals surface area contributed by atoms with Gasteiger partial charge in [-0.15, -0.1) is 0 Å². The average molecular weight is 1070 g/mol. The highest BCUT2D eigenvalue weighted by Crippen LogP contribution is 2.55. The maximum atomic E-state index is 15.7. The van der Waals surface area contributed by atoms with Crippen LogP contribution in [0.3, 0.4) is 0 Å².